The van der Waals surface area contributed by atoms with E-state index in [9.17, 15) is 13.2 Å². The first kappa shape index (κ1) is 17.9. The smallest absolute Gasteiger partial charge is 0.302 e. The molecule has 0 unspecified atom stereocenters. The van der Waals surface area contributed by atoms with E-state index in [1.165, 1.54) is 6.92 Å². The molecule has 1 aliphatic rings. The van der Waals surface area contributed by atoms with Crippen LogP contribution in [0.4, 0.5) is 0 Å². The number of carbonyl (C=O) groups is 1. The third-order valence-electron chi connectivity index (χ3n) is 4.20. The van der Waals surface area contributed by atoms with Gasteiger partial charge in [-0.05, 0) is 57.1 Å². The van der Waals surface area contributed by atoms with Crippen molar-refractivity contribution < 1.29 is 22.1 Å². The van der Waals surface area contributed by atoms with E-state index in [4.69, 9.17) is 8.92 Å². The second kappa shape index (κ2) is 7.93. The van der Waals surface area contributed by atoms with Crippen LogP contribution in [0.5, 0.6) is 0 Å². The van der Waals surface area contributed by atoms with Crippen molar-refractivity contribution in [3.05, 3.63) is 29.8 Å². The molecular formula is C17H24O5S. The van der Waals surface area contributed by atoms with E-state index in [2.05, 4.69) is 0 Å². The van der Waals surface area contributed by atoms with Crippen LogP contribution in [-0.4, -0.2) is 27.1 Å². The minimum atomic E-state index is -3.69. The highest BCUT2D eigenvalue weighted by Gasteiger charge is 2.27. The van der Waals surface area contributed by atoms with Crippen molar-refractivity contribution in [3.63, 3.8) is 0 Å². The van der Waals surface area contributed by atoms with Gasteiger partial charge < -0.3 is 4.74 Å². The van der Waals surface area contributed by atoms with Gasteiger partial charge in [0.1, 0.15) is 0 Å². The number of rotatable bonds is 6. The van der Waals surface area contributed by atoms with Crippen molar-refractivity contribution >= 4 is 16.1 Å². The van der Waals surface area contributed by atoms with E-state index in [1.54, 1.807) is 24.3 Å². The minimum Gasteiger partial charge on any atom is -0.466 e. The number of ether oxygens (including phenoxy) is 1. The van der Waals surface area contributed by atoms with Gasteiger partial charge in [-0.25, -0.2) is 0 Å². The lowest BCUT2D eigenvalue weighted by Gasteiger charge is -2.27. The summed E-state index contributed by atoms with van der Waals surface area (Å²) in [5.74, 6) is 0.211. The van der Waals surface area contributed by atoms with Crippen molar-refractivity contribution in [3.8, 4) is 0 Å². The van der Waals surface area contributed by atoms with E-state index in [-0.39, 0.29) is 17.0 Å². The van der Waals surface area contributed by atoms with E-state index < -0.39 is 10.1 Å². The summed E-state index contributed by atoms with van der Waals surface area (Å²) in [6.07, 6.45) is 3.80. The molecule has 2 rings (SSSR count). The summed E-state index contributed by atoms with van der Waals surface area (Å²) < 4.78 is 34.9. The van der Waals surface area contributed by atoms with E-state index in [1.807, 2.05) is 6.92 Å². The molecule has 6 heteroatoms. The highest BCUT2D eigenvalue weighted by atomic mass is 32.2. The van der Waals surface area contributed by atoms with Crippen LogP contribution in [0.25, 0.3) is 0 Å². The number of aryl methyl sites for hydroxylation is 1. The fourth-order valence-electron chi connectivity index (χ4n) is 2.83. The molecule has 0 amide bonds. The maximum atomic E-state index is 12.3. The molecule has 0 spiro atoms. The number of benzene rings is 1. The number of carbonyl (C=O) groups excluding carboxylic acids is 1. The number of esters is 1. The van der Waals surface area contributed by atoms with Crippen LogP contribution in [0.2, 0.25) is 0 Å². The molecule has 0 bridgehead atoms. The maximum absolute atomic E-state index is 12.3. The van der Waals surface area contributed by atoms with Gasteiger partial charge in [-0.15, -0.1) is 0 Å². The van der Waals surface area contributed by atoms with Crippen LogP contribution in [-0.2, 0) is 23.8 Å². The average Bonchev–Trinajstić information content (AvgIpc) is 2.49. The van der Waals surface area contributed by atoms with Crippen molar-refractivity contribution in [2.24, 2.45) is 5.92 Å². The van der Waals surface area contributed by atoms with Crippen LogP contribution < -0.4 is 0 Å². The zero-order valence-corrected chi connectivity index (χ0v) is 14.5. The molecule has 1 fully saturated rings. The van der Waals surface area contributed by atoms with Crippen LogP contribution in [0.15, 0.2) is 29.2 Å². The Labute approximate surface area is 138 Å². The van der Waals surface area contributed by atoms with E-state index >= 15 is 0 Å². The molecular weight excluding hydrogens is 316 g/mol. The lowest BCUT2D eigenvalue weighted by atomic mass is 9.86. The molecule has 5 nitrogen and oxygen atoms in total. The first-order valence-corrected chi connectivity index (χ1v) is 9.41. The highest BCUT2D eigenvalue weighted by Crippen LogP contribution is 2.30. The molecule has 1 saturated carbocycles. The van der Waals surface area contributed by atoms with Gasteiger partial charge in [-0.2, -0.15) is 8.42 Å². The monoisotopic (exact) mass is 340 g/mol. The summed E-state index contributed by atoms with van der Waals surface area (Å²) in [6, 6.07) is 6.69. The lowest BCUT2D eigenvalue weighted by molar-refractivity contribution is -0.141. The quantitative estimate of drug-likeness (QED) is 0.587. The zero-order chi connectivity index (χ0) is 16.9. The van der Waals surface area contributed by atoms with Crippen LogP contribution in [0, 0.1) is 12.8 Å². The third kappa shape index (κ3) is 5.62. The SMILES string of the molecule is CC(=O)OCCC1CCC(OS(=O)(=O)c2ccc(C)cc2)CC1. The summed E-state index contributed by atoms with van der Waals surface area (Å²) >= 11 is 0. The summed E-state index contributed by atoms with van der Waals surface area (Å²) in [4.78, 5) is 10.9. The molecule has 0 radical (unpaired) electrons. The van der Waals surface area contributed by atoms with Gasteiger partial charge in [0, 0.05) is 6.92 Å². The topological polar surface area (TPSA) is 69.7 Å². The fraction of sp³-hybridized carbons (Fsp3) is 0.588. The molecule has 0 atom stereocenters. The molecule has 1 aliphatic carbocycles. The molecule has 0 saturated heterocycles. The Morgan fingerprint density at radius 2 is 1.74 bits per heavy atom. The van der Waals surface area contributed by atoms with Crippen LogP contribution in [0.1, 0.15) is 44.6 Å². The normalized spacial score (nSPS) is 21.8. The second-order valence-corrected chi connectivity index (χ2v) is 7.71. The van der Waals surface area contributed by atoms with Gasteiger partial charge in [0.2, 0.25) is 0 Å². The predicted octanol–water partition coefficient (Wildman–Crippen LogP) is 3.21. The summed E-state index contributed by atoms with van der Waals surface area (Å²) in [7, 11) is -3.69. The minimum absolute atomic E-state index is 0.208. The predicted molar refractivity (Wildman–Crippen MR) is 86.4 cm³/mol. The summed E-state index contributed by atoms with van der Waals surface area (Å²) in [5.41, 5.74) is 1.01. The molecule has 1 aromatic rings. The maximum Gasteiger partial charge on any atom is 0.302 e. The Hall–Kier alpha value is -1.40. The zero-order valence-electron chi connectivity index (χ0n) is 13.7. The van der Waals surface area contributed by atoms with Gasteiger partial charge in [-0.3, -0.25) is 8.98 Å². The van der Waals surface area contributed by atoms with Gasteiger partial charge >= 0.3 is 5.97 Å². The standard InChI is InChI=1S/C17H24O5S/c1-13-3-9-17(10-4-13)23(19,20)22-16-7-5-15(6-8-16)11-12-21-14(2)18/h3-4,9-10,15-16H,5-8,11-12H2,1-2H3. The first-order valence-electron chi connectivity index (χ1n) is 8.00. The fourth-order valence-corrected chi connectivity index (χ4v) is 3.96. The van der Waals surface area contributed by atoms with Gasteiger partial charge in [0.15, 0.2) is 0 Å². The van der Waals surface area contributed by atoms with Gasteiger partial charge in [-0.1, -0.05) is 17.7 Å². The Balaban J connectivity index is 1.81. The lowest BCUT2D eigenvalue weighted by Crippen LogP contribution is -2.25. The first-order chi connectivity index (χ1) is 10.9. The third-order valence-corrected chi connectivity index (χ3v) is 5.57. The van der Waals surface area contributed by atoms with Gasteiger partial charge in [0.25, 0.3) is 10.1 Å². The molecule has 1 aromatic carbocycles. The molecule has 0 aliphatic heterocycles. The van der Waals surface area contributed by atoms with Crippen molar-refractivity contribution in [2.75, 3.05) is 6.61 Å². The summed E-state index contributed by atoms with van der Waals surface area (Å²) in [6.45, 7) is 3.75. The largest absolute Gasteiger partial charge is 0.466 e. The van der Waals surface area contributed by atoms with E-state index in [0.29, 0.717) is 12.5 Å². The Bertz CT molecular complexity index is 613. The highest BCUT2D eigenvalue weighted by molar-refractivity contribution is 7.86. The Morgan fingerprint density at radius 1 is 1.13 bits per heavy atom. The number of hydrogen-bond acceptors (Lipinski definition) is 5. The van der Waals surface area contributed by atoms with E-state index in [0.717, 1.165) is 37.7 Å². The summed E-state index contributed by atoms with van der Waals surface area (Å²) in [5, 5.41) is 0. The van der Waals surface area contributed by atoms with Crippen LogP contribution >= 0.6 is 0 Å². The van der Waals surface area contributed by atoms with Crippen molar-refractivity contribution in [1.29, 1.82) is 0 Å². The van der Waals surface area contributed by atoms with Crippen molar-refractivity contribution in [2.45, 2.75) is 57.0 Å². The number of hydrogen-bond donors (Lipinski definition) is 0. The second-order valence-electron chi connectivity index (χ2n) is 6.13. The Morgan fingerprint density at radius 3 is 2.30 bits per heavy atom. The molecule has 0 heterocycles. The van der Waals surface area contributed by atoms with Crippen LogP contribution in [0.3, 0.4) is 0 Å². The molecule has 128 valence electrons. The molecule has 0 N–H and O–H groups in total. The van der Waals surface area contributed by atoms with Gasteiger partial charge in [0.05, 0.1) is 17.6 Å². The molecule has 23 heavy (non-hydrogen) atoms. The Kier molecular flexibility index (Phi) is 6.18. The van der Waals surface area contributed by atoms with Crippen molar-refractivity contribution in [1.82, 2.24) is 0 Å². The molecule has 0 aromatic heterocycles. The average molecular weight is 340 g/mol.